The normalized spacial score (nSPS) is 13.3. The maximum absolute atomic E-state index is 5.87. The van der Waals surface area contributed by atoms with Crippen LogP contribution in [0.5, 0.6) is 5.88 Å². The van der Waals surface area contributed by atoms with Crippen molar-refractivity contribution >= 4 is 35.0 Å². The highest BCUT2D eigenvalue weighted by Gasteiger charge is 2.13. The van der Waals surface area contributed by atoms with Crippen molar-refractivity contribution in [2.75, 3.05) is 19.8 Å². The smallest absolute Gasteiger partial charge is 0.230 e. The molecule has 5 nitrogen and oxygen atoms in total. The van der Waals surface area contributed by atoms with E-state index in [2.05, 4.69) is 53.5 Å². The van der Waals surface area contributed by atoms with Crippen LogP contribution < -0.4 is 4.74 Å². The Labute approximate surface area is 166 Å². The molecule has 7 heteroatoms. The van der Waals surface area contributed by atoms with Crippen LogP contribution in [-0.2, 0) is 16.2 Å². The minimum Gasteiger partial charge on any atom is -0.477 e. The van der Waals surface area contributed by atoms with Gasteiger partial charge in [0.05, 0.1) is 17.2 Å². The lowest BCUT2D eigenvalue weighted by Gasteiger charge is -2.16. The predicted molar refractivity (Wildman–Crippen MR) is 113 cm³/mol. The van der Waals surface area contributed by atoms with Crippen molar-refractivity contribution < 1.29 is 14.2 Å². The molecule has 1 unspecified atom stereocenters. The molecule has 2 heterocycles. The number of pyridine rings is 1. The molecule has 1 atom stereocenters. The molecular weight excluding hydrogens is 412 g/mol. The monoisotopic (exact) mass is 442 g/mol. The van der Waals surface area contributed by atoms with Crippen LogP contribution in [0.4, 0.5) is 0 Å². The van der Waals surface area contributed by atoms with Crippen molar-refractivity contribution in [3.63, 3.8) is 0 Å². The van der Waals surface area contributed by atoms with Gasteiger partial charge in [-0.15, -0.1) is 0 Å². The van der Waals surface area contributed by atoms with E-state index in [-0.39, 0.29) is 6.10 Å². The summed E-state index contributed by atoms with van der Waals surface area (Å²) in [5, 5.41) is 1.07. The van der Waals surface area contributed by atoms with Gasteiger partial charge in [-0.3, -0.25) is 0 Å². The molecule has 0 saturated heterocycles. The molecule has 2 rings (SSSR count). The summed E-state index contributed by atoms with van der Waals surface area (Å²) in [6.07, 6.45) is 3.03. The van der Waals surface area contributed by atoms with E-state index >= 15 is 0 Å². The molecule has 2 aromatic heterocycles. The van der Waals surface area contributed by atoms with Gasteiger partial charge in [-0.25, -0.2) is 0 Å². The summed E-state index contributed by atoms with van der Waals surface area (Å²) in [4.78, 5) is 4.69. The molecule has 0 aliphatic rings. The fourth-order valence-electron chi connectivity index (χ4n) is 2.51. The lowest BCUT2D eigenvalue weighted by atomic mass is 10.3. The van der Waals surface area contributed by atoms with E-state index < -0.39 is 8.07 Å². The predicted octanol–water partition coefficient (Wildman–Crippen LogP) is 5.31. The van der Waals surface area contributed by atoms with Gasteiger partial charge in [0.2, 0.25) is 5.88 Å². The van der Waals surface area contributed by atoms with Crippen LogP contribution in [0, 0.1) is 0 Å². The first-order chi connectivity index (χ1) is 12.3. The van der Waals surface area contributed by atoms with E-state index in [0.29, 0.717) is 19.2 Å². The highest BCUT2D eigenvalue weighted by Crippen LogP contribution is 2.28. The minimum atomic E-state index is -1.07. The second-order valence-electron chi connectivity index (χ2n) is 7.72. The molecule has 0 saturated carbocycles. The average molecular weight is 443 g/mol. The number of halogens is 1. The zero-order valence-corrected chi connectivity index (χ0v) is 19.1. The second kappa shape index (κ2) is 9.87. The molecule has 0 amide bonds. The Morgan fingerprint density at radius 3 is 2.73 bits per heavy atom. The molecule has 0 aliphatic carbocycles. The lowest BCUT2D eigenvalue weighted by molar-refractivity contribution is 0.0591. The Hall–Kier alpha value is -0.893. The molecule has 146 valence electrons. The van der Waals surface area contributed by atoms with Crippen molar-refractivity contribution in [2.24, 2.45) is 0 Å². The van der Waals surface area contributed by atoms with Crippen LogP contribution in [0.2, 0.25) is 25.7 Å². The number of fused-ring (bicyclic) bond motifs is 1. The summed E-state index contributed by atoms with van der Waals surface area (Å²) in [5.41, 5.74) is 0.883. The SMILES string of the molecule is CCOC(C)CCOc1nc2c(ccn2COCC[Si](C)(C)C)cc1Br. The molecule has 0 N–H and O–H groups in total. The number of ether oxygens (including phenoxy) is 3. The molecule has 0 radical (unpaired) electrons. The molecule has 0 fully saturated rings. The average Bonchev–Trinajstić information content (AvgIpc) is 2.93. The van der Waals surface area contributed by atoms with E-state index in [1.807, 2.05) is 23.8 Å². The Bertz CT molecular complexity index is 700. The van der Waals surface area contributed by atoms with E-state index in [1.165, 1.54) is 0 Å². The van der Waals surface area contributed by atoms with Gasteiger partial charge in [0.25, 0.3) is 0 Å². The maximum Gasteiger partial charge on any atom is 0.230 e. The zero-order chi connectivity index (χ0) is 19.2. The van der Waals surface area contributed by atoms with Crippen LogP contribution in [0.15, 0.2) is 22.8 Å². The summed E-state index contributed by atoms with van der Waals surface area (Å²) < 4.78 is 20.2. The minimum absolute atomic E-state index is 0.186. The Morgan fingerprint density at radius 2 is 2.04 bits per heavy atom. The number of aromatic nitrogens is 2. The third-order valence-corrected chi connectivity index (χ3v) is 6.37. The van der Waals surface area contributed by atoms with Gasteiger partial charge in [-0.05, 0) is 48.0 Å². The number of nitrogens with zero attached hydrogens (tertiary/aromatic N) is 2. The molecule has 0 spiro atoms. The van der Waals surface area contributed by atoms with Gasteiger partial charge in [-0.2, -0.15) is 4.98 Å². The van der Waals surface area contributed by atoms with Gasteiger partial charge < -0.3 is 18.8 Å². The summed E-state index contributed by atoms with van der Waals surface area (Å²) in [5.74, 6) is 0.614. The van der Waals surface area contributed by atoms with E-state index in [1.54, 1.807) is 0 Å². The fourth-order valence-corrected chi connectivity index (χ4v) is 3.71. The zero-order valence-electron chi connectivity index (χ0n) is 16.5. The molecular formula is C19H31BrN2O3Si. The topological polar surface area (TPSA) is 45.5 Å². The Morgan fingerprint density at radius 1 is 1.27 bits per heavy atom. The highest BCUT2D eigenvalue weighted by atomic mass is 79.9. The summed E-state index contributed by atoms with van der Waals surface area (Å²) >= 11 is 3.56. The third kappa shape index (κ3) is 6.68. The van der Waals surface area contributed by atoms with Crippen LogP contribution in [-0.4, -0.2) is 43.5 Å². The number of hydrogen-bond acceptors (Lipinski definition) is 4. The largest absolute Gasteiger partial charge is 0.477 e. The summed E-state index contributed by atoms with van der Waals surface area (Å²) in [6, 6.07) is 5.26. The highest BCUT2D eigenvalue weighted by molar-refractivity contribution is 9.10. The Balaban J connectivity index is 1.98. The molecule has 2 aromatic rings. The first kappa shape index (κ1) is 21.4. The molecule has 26 heavy (non-hydrogen) atoms. The first-order valence-corrected chi connectivity index (χ1v) is 13.8. The van der Waals surface area contributed by atoms with Crippen molar-refractivity contribution in [1.82, 2.24) is 9.55 Å². The van der Waals surface area contributed by atoms with Gasteiger partial charge in [0.15, 0.2) is 0 Å². The number of rotatable bonds is 11. The molecule has 0 aliphatic heterocycles. The molecule has 0 aromatic carbocycles. The third-order valence-electron chi connectivity index (χ3n) is 4.10. The van der Waals surface area contributed by atoms with Gasteiger partial charge in [0, 0.05) is 39.3 Å². The van der Waals surface area contributed by atoms with Crippen LogP contribution in [0.1, 0.15) is 20.3 Å². The van der Waals surface area contributed by atoms with Crippen molar-refractivity contribution in [1.29, 1.82) is 0 Å². The standard InChI is InChI=1S/C19H31BrN2O3Si/c1-6-24-15(2)8-10-25-19-17(20)13-16-7-9-22(18(16)21-19)14-23-11-12-26(3,4)5/h7,9,13,15H,6,8,10-12,14H2,1-5H3. The second-order valence-corrected chi connectivity index (χ2v) is 14.2. The van der Waals surface area contributed by atoms with E-state index in [4.69, 9.17) is 14.2 Å². The van der Waals surface area contributed by atoms with Crippen molar-refractivity contribution in [2.45, 2.75) is 58.8 Å². The van der Waals surface area contributed by atoms with Gasteiger partial charge in [0.1, 0.15) is 12.4 Å². The van der Waals surface area contributed by atoms with E-state index in [0.717, 1.165) is 41.2 Å². The van der Waals surface area contributed by atoms with Crippen LogP contribution >= 0.6 is 15.9 Å². The fraction of sp³-hybridized carbons (Fsp3) is 0.632. The van der Waals surface area contributed by atoms with Crippen LogP contribution in [0.3, 0.4) is 0 Å². The Kier molecular flexibility index (Phi) is 8.13. The lowest BCUT2D eigenvalue weighted by Crippen LogP contribution is -2.22. The quantitative estimate of drug-likeness (QED) is 0.349. The summed E-state index contributed by atoms with van der Waals surface area (Å²) in [6.45, 7) is 13.7. The van der Waals surface area contributed by atoms with Crippen molar-refractivity contribution in [3.05, 3.63) is 22.8 Å². The first-order valence-electron chi connectivity index (χ1n) is 9.27. The summed E-state index contributed by atoms with van der Waals surface area (Å²) in [7, 11) is -1.07. The molecule has 0 bridgehead atoms. The van der Waals surface area contributed by atoms with Gasteiger partial charge in [-0.1, -0.05) is 19.6 Å². The van der Waals surface area contributed by atoms with Crippen LogP contribution in [0.25, 0.3) is 11.0 Å². The maximum atomic E-state index is 5.87. The van der Waals surface area contributed by atoms with E-state index in [9.17, 15) is 0 Å². The van der Waals surface area contributed by atoms with Gasteiger partial charge >= 0.3 is 0 Å². The van der Waals surface area contributed by atoms with Crippen molar-refractivity contribution in [3.8, 4) is 5.88 Å². The number of hydrogen-bond donors (Lipinski definition) is 0.